The van der Waals surface area contributed by atoms with Crippen molar-refractivity contribution < 1.29 is 4.39 Å². The third-order valence-corrected chi connectivity index (χ3v) is 5.71. The van der Waals surface area contributed by atoms with Crippen LogP contribution in [-0.2, 0) is 13.0 Å². The number of benzene rings is 2. The van der Waals surface area contributed by atoms with Crippen molar-refractivity contribution in [2.45, 2.75) is 13.0 Å². The van der Waals surface area contributed by atoms with Crippen molar-refractivity contribution in [2.24, 2.45) is 0 Å². The van der Waals surface area contributed by atoms with E-state index in [1.165, 1.54) is 17.3 Å². The molecule has 0 amide bonds. The van der Waals surface area contributed by atoms with Crippen molar-refractivity contribution in [3.63, 3.8) is 0 Å². The van der Waals surface area contributed by atoms with Gasteiger partial charge in [0.1, 0.15) is 11.4 Å². The van der Waals surface area contributed by atoms with Gasteiger partial charge in [0.15, 0.2) is 0 Å². The molecule has 6 rings (SSSR count). The Morgan fingerprint density at radius 1 is 1.03 bits per heavy atom. The highest BCUT2D eigenvalue weighted by Gasteiger charge is 2.16. The van der Waals surface area contributed by atoms with Crippen LogP contribution in [-0.4, -0.2) is 36.7 Å². The molecule has 2 aromatic carbocycles. The van der Waals surface area contributed by atoms with E-state index in [4.69, 9.17) is 0 Å². The van der Waals surface area contributed by atoms with E-state index < -0.39 is 5.95 Å². The second kappa shape index (κ2) is 7.10. The zero-order valence-corrected chi connectivity index (χ0v) is 16.5. The molecular weight excluding hydrogens is 393 g/mol. The van der Waals surface area contributed by atoms with Crippen LogP contribution in [0.4, 0.5) is 4.39 Å². The van der Waals surface area contributed by atoms with Gasteiger partial charge in [0.25, 0.3) is 0 Å². The predicted molar refractivity (Wildman–Crippen MR) is 115 cm³/mol. The average Bonchev–Trinajstić information content (AvgIpc) is 3.46. The quantitative estimate of drug-likeness (QED) is 0.443. The Hall–Kier alpha value is -3.91. The van der Waals surface area contributed by atoms with Crippen LogP contribution in [0, 0.1) is 5.95 Å². The Bertz CT molecular complexity index is 1420. The second-order valence-corrected chi connectivity index (χ2v) is 7.60. The molecule has 3 aromatic heterocycles. The van der Waals surface area contributed by atoms with E-state index >= 15 is 0 Å². The number of nitrogens with zero attached hydrogens (tertiary/aromatic N) is 5. The lowest BCUT2D eigenvalue weighted by Gasteiger charge is -2.17. The van der Waals surface area contributed by atoms with E-state index in [-0.39, 0.29) is 0 Å². The maximum absolute atomic E-state index is 14.2. The summed E-state index contributed by atoms with van der Waals surface area (Å²) in [7, 11) is 0. The Kier molecular flexibility index (Phi) is 4.10. The number of H-pyrrole nitrogens is 1. The van der Waals surface area contributed by atoms with Crippen molar-refractivity contribution in [3.05, 3.63) is 78.0 Å². The number of nitrogens with one attached hydrogen (secondary N) is 2. The molecule has 0 atom stereocenters. The molecule has 7 nitrogen and oxygen atoms in total. The molecule has 31 heavy (non-hydrogen) atoms. The SMILES string of the molecule is Fc1ncccc1-c1ccc2[nH]nc(-c3cn(-c4ccc5c(c4)CCNC5)nn3)c2c1. The molecule has 2 N–H and O–H groups in total. The summed E-state index contributed by atoms with van der Waals surface area (Å²) in [5.74, 6) is -0.500. The molecule has 0 saturated carbocycles. The number of fused-ring (bicyclic) bond motifs is 2. The molecule has 1 aliphatic heterocycles. The van der Waals surface area contributed by atoms with Crippen molar-refractivity contribution in [2.75, 3.05) is 6.54 Å². The number of halogens is 1. The highest BCUT2D eigenvalue weighted by Crippen LogP contribution is 2.30. The minimum absolute atomic E-state index is 0.448. The lowest BCUT2D eigenvalue weighted by Crippen LogP contribution is -2.23. The molecule has 0 aliphatic carbocycles. The summed E-state index contributed by atoms with van der Waals surface area (Å²) in [5.41, 5.74) is 6.98. The maximum Gasteiger partial charge on any atom is 0.220 e. The molecule has 0 fully saturated rings. The second-order valence-electron chi connectivity index (χ2n) is 7.60. The first-order valence-electron chi connectivity index (χ1n) is 10.1. The number of hydrogen-bond acceptors (Lipinski definition) is 5. The van der Waals surface area contributed by atoms with E-state index in [0.29, 0.717) is 17.0 Å². The third kappa shape index (κ3) is 3.08. The van der Waals surface area contributed by atoms with Crippen LogP contribution < -0.4 is 5.32 Å². The highest BCUT2D eigenvalue weighted by molar-refractivity contribution is 5.94. The molecule has 0 radical (unpaired) electrons. The Morgan fingerprint density at radius 2 is 2.00 bits per heavy atom. The Morgan fingerprint density at radius 3 is 2.94 bits per heavy atom. The summed E-state index contributed by atoms with van der Waals surface area (Å²) in [4.78, 5) is 3.75. The van der Waals surface area contributed by atoms with Crippen LogP contribution in [0.1, 0.15) is 11.1 Å². The largest absolute Gasteiger partial charge is 0.312 e. The zero-order chi connectivity index (χ0) is 20.8. The van der Waals surface area contributed by atoms with Crippen LogP contribution in [0.5, 0.6) is 0 Å². The van der Waals surface area contributed by atoms with Gasteiger partial charge in [0, 0.05) is 23.7 Å². The lowest BCUT2D eigenvalue weighted by molar-refractivity contribution is 0.587. The summed E-state index contributed by atoms with van der Waals surface area (Å²) >= 11 is 0. The fraction of sp³-hybridized carbons (Fsp3) is 0.130. The number of hydrogen-bond donors (Lipinski definition) is 2. The van der Waals surface area contributed by atoms with Gasteiger partial charge < -0.3 is 5.32 Å². The first kappa shape index (κ1) is 17.9. The van der Waals surface area contributed by atoms with Gasteiger partial charge in [0.2, 0.25) is 5.95 Å². The molecular formula is C23H18FN7. The van der Waals surface area contributed by atoms with Crippen molar-refractivity contribution in [1.29, 1.82) is 0 Å². The minimum Gasteiger partial charge on any atom is -0.312 e. The Balaban J connectivity index is 1.40. The van der Waals surface area contributed by atoms with E-state index in [2.05, 4.69) is 49.0 Å². The summed E-state index contributed by atoms with van der Waals surface area (Å²) < 4.78 is 15.9. The number of rotatable bonds is 3. The third-order valence-electron chi connectivity index (χ3n) is 5.71. The minimum atomic E-state index is -0.500. The molecule has 152 valence electrons. The first-order chi connectivity index (χ1) is 15.3. The van der Waals surface area contributed by atoms with Gasteiger partial charge in [-0.25, -0.2) is 9.67 Å². The van der Waals surface area contributed by atoms with Gasteiger partial charge in [-0.05, 0) is 66.1 Å². The van der Waals surface area contributed by atoms with Gasteiger partial charge in [-0.1, -0.05) is 17.3 Å². The van der Waals surface area contributed by atoms with Crippen LogP contribution >= 0.6 is 0 Å². The van der Waals surface area contributed by atoms with E-state index in [1.807, 2.05) is 24.4 Å². The lowest BCUT2D eigenvalue weighted by atomic mass is 10.0. The fourth-order valence-corrected chi connectivity index (χ4v) is 4.08. The van der Waals surface area contributed by atoms with Crippen LogP contribution in [0.3, 0.4) is 0 Å². The van der Waals surface area contributed by atoms with Gasteiger partial charge in [-0.3, -0.25) is 5.10 Å². The number of aromatic nitrogens is 6. The standard InChI is InChI=1S/C23H18FN7/c24-23-18(2-1-8-26-23)15-4-6-20-19(11-15)22(29-27-20)21-13-31(30-28-21)17-5-3-16-12-25-9-7-14(16)10-17/h1-6,8,10-11,13,25H,7,9,12H2,(H,27,29). The molecule has 0 spiro atoms. The van der Waals surface area contributed by atoms with Crippen LogP contribution in [0.25, 0.3) is 39.1 Å². The smallest absolute Gasteiger partial charge is 0.220 e. The molecule has 0 saturated heterocycles. The molecule has 5 aromatic rings. The van der Waals surface area contributed by atoms with Crippen LogP contribution in [0.2, 0.25) is 0 Å². The molecule has 0 bridgehead atoms. The van der Waals surface area contributed by atoms with Gasteiger partial charge in [-0.15, -0.1) is 5.10 Å². The first-order valence-corrected chi connectivity index (χ1v) is 10.1. The van der Waals surface area contributed by atoms with E-state index in [9.17, 15) is 4.39 Å². The van der Waals surface area contributed by atoms with Gasteiger partial charge in [0.05, 0.1) is 17.4 Å². The van der Waals surface area contributed by atoms with E-state index in [0.717, 1.165) is 41.7 Å². The normalized spacial score (nSPS) is 13.5. The number of aromatic amines is 1. The highest BCUT2D eigenvalue weighted by atomic mass is 19.1. The van der Waals surface area contributed by atoms with Crippen molar-refractivity contribution in [1.82, 2.24) is 35.5 Å². The summed E-state index contributed by atoms with van der Waals surface area (Å²) in [6, 6.07) is 15.4. The molecule has 0 unspecified atom stereocenters. The molecule has 8 heteroatoms. The Labute approximate surface area is 177 Å². The van der Waals surface area contributed by atoms with Gasteiger partial charge >= 0.3 is 0 Å². The predicted octanol–water partition coefficient (Wildman–Crippen LogP) is 3.66. The van der Waals surface area contributed by atoms with E-state index in [1.54, 1.807) is 16.8 Å². The summed E-state index contributed by atoms with van der Waals surface area (Å²) in [6.45, 7) is 1.88. The number of pyridine rings is 1. The molecule has 1 aliphatic rings. The van der Waals surface area contributed by atoms with Crippen molar-refractivity contribution >= 4 is 10.9 Å². The maximum atomic E-state index is 14.2. The van der Waals surface area contributed by atoms with Gasteiger partial charge in [-0.2, -0.15) is 9.49 Å². The van der Waals surface area contributed by atoms with Crippen LogP contribution in [0.15, 0.2) is 60.9 Å². The summed E-state index contributed by atoms with van der Waals surface area (Å²) in [5, 5.41) is 20.4. The van der Waals surface area contributed by atoms with Crippen molar-refractivity contribution in [3.8, 4) is 28.2 Å². The summed E-state index contributed by atoms with van der Waals surface area (Å²) in [6.07, 6.45) is 4.31. The topological polar surface area (TPSA) is 84.3 Å². The fourth-order valence-electron chi connectivity index (χ4n) is 4.08. The monoisotopic (exact) mass is 411 g/mol. The molecule has 4 heterocycles. The zero-order valence-electron chi connectivity index (χ0n) is 16.5. The average molecular weight is 411 g/mol.